The number of fused-ring (bicyclic) bond motifs is 1. The number of rotatable bonds is 6. The average Bonchev–Trinajstić information content (AvgIpc) is 3.11. The van der Waals surface area contributed by atoms with Gasteiger partial charge in [0, 0.05) is 12.3 Å². The first-order valence-electron chi connectivity index (χ1n) is 7.82. The van der Waals surface area contributed by atoms with Gasteiger partial charge in [0.05, 0.1) is 26.7 Å². The third-order valence-electron chi connectivity index (χ3n) is 3.57. The van der Waals surface area contributed by atoms with Gasteiger partial charge in [-0.2, -0.15) is 16.8 Å². The Morgan fingerprint density at radius 2 is 2.12 bits per heavy atom. The quantitative estimate of drug-likeness (QED) is 0.496. The van der Waals surface area contributed by atoms with E-state index < -0.39 is 0 Å². The van der Waals surface area contributed by atoms with Crippen LogP contribution < -0.4 is 9.54 Å². The van der Waals surface area contributed by atoms with Gasteiger partial charge in [0.15, 0.2) is 4.80 Å². The second-order valence-corrected chi connectivity index (χ2v) is 9.53. The fourth-order valence-electron chi connectivity index (χ4n) is 2.43. The van der Waals surface area contributed by atoms with Crippen molar-refractivity contribution >= 4 is 73.8 Å². The molecule has 138 valence electrons. The number of thioether (sulfide) groups is 1. The van der Waals surface area contributed by atoms with Crippen molar-refractivity contribution in [2.24, 2.45) is 4.99 Å². The van der Waals surface area contributed by atoms with Gasteiger partial charge in [-0.05, 0) is 37.4 Å². The summed E-state index contributed by atoms with van der Waals surface area (Å²) >= 11 is 16.4. The number of carbonyl (C=O) groups is 1. The summed E-state index contributed by atoms with van der Waals surface area (Å²) in [5.41, 5.74) is 1.37. The van der Waals surface area contributed by atoms with E-state index in [1.54, 1.807) is 17.8 Å². The molecule has 0 radical (unpaired) electrons. The molecule has 1 aromatic carbocycles. The third kappa shape index (κ3) is 4.28. The molecule has 0 aliphatic rings. The zero-order valence-electron chi connectivity index (χ0n) is 14.1. The SMILES string of the molecule is CCOc1ccc2c(c1)sc(=NC(=O)c1cc(Cl)sc1Cl)n2CCSC. The van der Waals surface area contributed by atoms with Gasteiger partial charge in [0.2, 0.25) is 0 Å². The van der Waals surface area contributed by atoms with Gasteiger partial charge in [-0.25, -0.2) is 0 Å². The summed E-state index contributed by atoms with van der Waals surface area (Å²) in [7, 11) is 0. The fraction of sp³-hybridized carbons (Fsp3) is 0.294. The van der Waals surface area contributed by atoms with Crippen LogP contribution in [0.15, 0.2) is 29.3 Å². The summed E-state index contributed by atoms with van der Waals surface area (Å²) < 4.78 is 9.50. The Bertz CT molecular complexity index is 1010. The van der Waals surface area contributed by atoms with Crippen LogP contribution in [0.25, 0.3) is 10.2 Å². The zero-order chi connectivity index (χ0) is 18.7. The standard InChI is InChI=1S/C17H16Cl2N2O2S3/c1-3-23-10-4-5-12-13(8-10)25-17(21(12)6-7-24-2)20-16(22)11-9-14(18)26-15(11)19/h4-5,8-9H,3,6-7H2,1-2H3. The topological polar surface area (TPSA) is 43.6 Å². The number of ether oxygens (including phenoxy) is 1. The van der Waals surface area contributed by atoms with E-state index >= 15 is 0 Å². The Hall–Kier alpha value is -0.990. The first-order chi connectivity index (χ1) is 12.5. The number of hydrogen-bond donors (Lipinski definition) is 0. The van der Waals surface area contributed by atoms with Gasteiger partial charge < -0.3 is 9.30 Å². The fourth-order valence-corrected chi connectivity index (χ4v) is 5.32. The minimum Gasteiger partial charge on any atom is -0.494 e. The van der Waals surface area contributed by atoms with Gasteiger partial charge in [0.25, 0.3) is 5.91 Å². The Labute approximate surface area is 173 Å². The highest BCUT2D eigenvalue weighted by molar-refractivity contribution is 7.98. The predicted octanol–water partition coefficient (Wildman–Crippen LogP) is 5.57. The van der Waals surface area contributed by atoms with Gasteiger partial charge in [-0.15, -0.1) is 11.3 Å². The molecular weight excluding hydrogens is 431 g/mol. The Kier molecular flexibility index (Phi) is 6.69. The number of benzene rings is 1. The summed E-state index contributed by atoms with van der Waals surface area (Å²) in [6, 6.07) is 7.49. The molecule has 0 atom stereocenters. The molecule has 0 bridgehead atoms. The minimum absolute atomic E-state index is 0.338. The molecule has 4 nitrogen and oxygen atoms in total. The molecule has 9 heteroatoms. The third-order valence-corrected chi connectivity index (χ3v) is 6.69. The monoisotopic (exact) mass is 446 g/mol. The number of thiazole rings is 1. The maximum atomic E-state index is 12.6. The molecular formula is C17H16Cl2N2O2S3. The van der Waals surface area contributed by atoms with Crippen molar-refractivity contribution in [2.45, 2.75) is 13.5 Å². The van der Waals surface area contributed by atoms with Crippen LogP contribution in [0, 0.1) is 0 Å². The van der Waals surface area contributed by atoms with Crippen LogP contribution in [0.3, 0.4) is 0 Å². The molecule has 2 aromatic heterocycles. The van der Waals surface area contributed by atoms with Crippen molar-refractivity contribution in [3.8, 4) is 5.75 Å². The number of thiophene rings is 1. The molecule has 0 aliphatic heterocycles. The van der Waals surface area contributed by atoms with Crippen LogP contribution in [0.4, 0.5) is 0 Å². The number of carbonyl (C=O) groups excluding carboxylic acids is 1. The number of aryl methyl sites for hydroxylation is 1. The lowest BCUT2D eigenvalue weighted by molar-refractivity contribution is 0.0998. The van der Waals surface area contributed by atoms with E-state index in [1.807, 2.05) is 25.1 Å². The Morgan fingerprint density at radius 3 is 2.77 bits per heavy atom. The summed E-state index contributed by atoms with van der Waals surface area (Å²) in [5.74, 6) is 1.35. The molecule has 3 aromatic rings. The van der Waals surface area contributed by atoms with Crippen LogP contribution in [0.5, 0.6) is 5.75 Å². The molecule has 0 fully saturated rings. The van der Waals surface area contributed by atoms with Crippen LogP contribution in [-0.2, 0) is 6.54 Å². The number of aromatic nitrogens is 1. The maximum absolute atomic E-state index is 12.6. The number of nitrogens with zero attached hydrogens (tertiary/aromatic N) is 2. The van der Waals surface area contributed by atoms with E-state index in [0.29, 0.717) is 25.6 Å². The number of halogens is 2. The van der Waals surface area contributed by atoms with Crippen molar-refractivity contribution < 1.29 is 9.53 Å². The lowest BCUT2D eigenvalue weighted by Crippen LogP contribution is -2.18. The van der Waals surface area contributed by atoms with E-state index in [2.05, 4.69) is 15.8 Å². The smallest absolute Gasteiger partial charge is 0.282 e. The van der Waals surface area contributed by atoms with Gasteiger partial charge in [-0.1, -0.05) is 34.5 Å². The minimum atomic E-state index is -0.382. The van der Waals surface area contributed by atoms with Crippen LogP contribution in [0.2, 0.25) is 8.67 Å². The summed E-state index contributed by atoms with van der Waals surface area (Å²) in [6.07, 6.45) is 2.05. The second-order valence-electron chi connectivity index (χ2n) is 5.25. The van der Waals surface area contributed by atoms with Crippen LogP contribution in [-0.4, -0.2) is 29.1 Å². The lowest BCUT2D eigenvalue weighted by Gasteiger charge is -2.05. The van der Waals surface area contributed by atoms with Gasteiger partial charge in [0.1, 0.15) is 10.1 Å². The largest absolute Gasteiger partial charge is 0.494 e. The summed E-state index contributed by atoms with van der Waals surface area (Å²) in [5, 5.41) is 0. The van der Waals surface area contributed by atoms with Gasteiger partial charge >= 0.3 is 0 Å². The van der Waals surface area contributed by atoms with E-state index in [9.17, 15) is 4.79 Å². The van der Waals surface area contributed by atoms with E-state index in [-0.39, 0.29) is 5.91 Å². The normalized spacial score (nSPS) is 12.1. The number of amides is 1. The van der Waals surface area contributed by atoms with Crippen LogP contribution in [0.1, 0.15) is 17.3 Å². The highest BCUT2D eigenvalue weighted by atomic mass is 35.5. The van der Waals surface area contributed by atoms with E-state index in [1.165, 1.54) is 22.7 Å². The molecule has 26 heavy (non-hydrogen) atoms. The van der Waals surface area contributed by atoms with E-state index in [4.69, 9.17) is 27.9 Å². The zero-order valence-corrected chi connectivity index (χ0v) is 18.1. The molecule has 0 saturated carbocycles. The second kappa shape index (κ2) is 8.80. The molecule has 0 spiro atoms. The Balaban J connectivity index is 2.10. The van der Waals surface area contributed by atoms with Crippen LogP contribution >= 0.6 is 57.6 Å². The average molecular weight is 447 g/mol. The van der Waals surface area contributed by atoms with Crippen molar-refractivity contribution in [3.05, 3.63) is 43.3 Å². The molecule has 0 unspecified atom stereocenters. The van der Waals surface area contributed by atoms with Crippen molar-refractivity contribution in [1.29, 1.82) is 0 Å². The van der Waals surface area contributed by atoms with E-state index in [0.717, 1.165) is 28.3 Å². The maximum Gasteiger partial charge on any atom is 0.282 e. The first-order valence-corrected chi connectivity index (χ1v) is 11.6. The molecule has 3 rings (SSSR count). The molecule has 0 saturated heterocycles. The molecule has 1 amide bonds. The molecule has 0 N–H and O–H groups in total. The van der Waals surface area contributed by atoms with Crippen molar-refractivity contribution in [2.75, 3.05) is 18.6 Å². The first kappa shape index (κ1) is 19.8. The molecule has 2 heterocycles. The Morgan fingerprint density at radius 1 is 1.31 bits per heavy atom. The predicted molar refractivity (Wildman–Crippen MR) is 114 cm³/mol. The van der Waals surface area contributed by atoms with Crippen molar-refractivity contribution in [1.82, 2.24) is 4.57 Å². The molecule has 0 aliphatic carbocycles. The lowest BCUT2D eigenvalue weighted by atomic mass is 10.3. The highest BCUT2D eigenvalue weighted by Crippen LogP contribution is 2.31. The summed E-state index contributed by atoms with van der Waals surface area (Å²) in [4.78, 5) is 17.6. The highest BCUT2D eigenvalue weighted by Gasteiger charge is 2.15. The summed E-state index contributed by atoms with van der Waals surface area (Å²) in [6.45, 7) is 3.32. The van der Waals surface area contributed by atoms with Crippen molar-refractivity contribution in [3.63, 3.8) is 0 Å². The van der Waals surface area contributed by atoms with Gasteiger partial charge in [-0.3, -0.25) is 4.79 Å². The number of hydrogen-bond acceptors (Lipinski definition) is 5.